The molecule has 0 unspecified atom stereocenters. The van der Waals surface area contributed by atoms with Crippen LogP contribution < -0.4 is 4.74 Å². The van der Waals surface area contributed by atoms with Crippen molar-refractivity contribution in [2.75, 3.05) is 19.0 Å². The van der Waals surface area contributed by atoms with Crippen molar-refractivity contribution in [3.8, 4) is 5.75 Å². The Morgan fingerprint density at radius 2 is 2.14 bits per heavy atom. The number of alkyl halides is 1. The van der Waals surface area contributed by atoms with Gasteiger partial charge in [-0.25, -0.2) is 0 Å². The third-order valence-corrected chi connectivity index (χ3v) is 3.31. The van der Waals surface area contributed by atoms with Crippen LogP contribution in [-0.2, 0) is 11.3 Å². The van der Waals surface area contributed by atoms with Gasteiger partial charge >= 0.3 is 0 Å². The van der Waals surface area contributed by atoms with Crippen molar-refractivity contribution in [2.24, 2.45) is 0 Å². The van der Waals surface area contributed by atoms with Gasteiger partial charge in [0.2, 0.25) is 0 Å². The number of halogens is 1. The summed E-state index contributed by atoms with van der Waals surface area (Å²) in [5.41, 5.74) is 1.79. The van der Waals surface area contributed by atoms with Crippen LogP contribution in [-0.4, -0.2) is 24.2 Å². The molecule has 4 nitrogen and oxygen atoms in total. The van der Waals surface area contributed by atoms with Crippen molar-refractivity contribution in [1.82, 2.24) is 5.16 Å². The van der Waals surface area contributed by atoms with Gasteiger partial charge < -0.3 is 14.0 Å². The van der Waals surface area contributed by atoms with E-state index in [2.05, 4.69) is 21.1 Å². The summed E-state index contributed by atoms with van der Waals surface area (Å²) in [6.07, 6.45) is 4.81. The molecular formula is C16H18BrNO3. The molecule has 0 radical (unpaired) electrons. The highest BCUT2D eigenvalue weighted by Crippen LogP contribution is 2.21. The zero-order valence-electron chi connectivity index (χ0n) is 11.9. The Kier molecular flexibility index (Phi) is 6.50. The molecule has 1 heterocycles. The van der Waals surface area contributed by atoms with E-state index in [1.54, 1.807) is 7.11 Å². The minimum absolute atomic E-state index is 0.448. The average Bonchev–Trinajstić information content (AvgIpc) is 2.95. The summed E-state index contributed by atoms with van der Waals surface area (Å²) >= 11 is 3.39. The van der Waals surface area contributed by atoms with Crippen LogP contribution in [0.5, 0.6) is 5.75 Å². The maximum atomic E-state index is 5.76. The number of methoxy groups -OCH3 is 1. The van der Waals surface area contributed by atoms with Gasteiger partial charge in [-0.05, 0) is 24.6 Å². The van der Waals surface area contributed by atoms with Crippen LogP contribution in [0.25, 0.3) is 12.2 Å². The zero-order valence-corrected chi connectivity index (χ0v) is 13.5. The van der Waals surface area contributed by atoms with E-state index in [9.17, 15) is 0 Å². The minimum Gasteiger partial charge on any atom is -0.493 e. The average molecular weight is 352 g/mol. The summed E-state index contributed by atoms with van der Waals surface area (Å²) in [6, 6.07) is 9.77. The Hall–Kier alpha value is -1.59. The molecule has 0 aliphatic heterocycles. The number of para-hydroxylation sites is 1. The van der Waals surface area contributed by atoms with Crippen molar-refractivity contribution in [1.29, 1.82) is 0 Å². The largest absolute Gasteiger partial charge is 0.493 e. The lowest BCUT2D eigenvalue weighted by Crippen LogP contribution is -1.98. The monoisotopic (exact) mass is 351 g/mol. The third-order valence-electron chi connectivity index (χ3n) is 2.75. The predicted molar refractivity (Wildman–Crippen MR) is 86.5 cm³/mol. The quantitative estimate of drug-likeness (QED) is 0.529. The number of hydrogen-bond acceptors (Lipinski definition) is 4. The van der Waals surface area contributed by atoms with Gasteiger partial charge in [-0.2, -0.15) is 0 Å². The van der Waals surface area contributed by atoms with E-state index in [4.69, 9.17) is 14.0 Å². The first kappa shape index (κ1) is 15.8. The fourth-order valence-corrected chi connectivity index (χ4v) is 2.01. The van der Waals surface area contributed by atoms with Crippen molar-refractivity contribution in [2.45, 2.75) is 13.0 Å². The van der Waals surface area contributed by atoms with E-state index in [1.807, 2.05) is 42.5 Å². The Bertz CT molecular complexity index is 580. The zero-order chi connectivity index (χ0) is 14.9. The topological polar surface area (TPSA) is 44.5 Å². The van der Waals surface area contributed by atoms with Gasteiger partial charge in [0.1, 0.15) is 11.4 Å². The summed E-state index contributed by atoms with van der Waals surface area (Å²) in [5.74, 6) is 1.56. The van der Waals surface area contributed by atoms with Gasteiger partial charge in [-0.15, -0.1) is 0 Å². The second-order valence-corrected chi connectivity index (χ2v) is 5.21. The fraction of sp³-hybridized carbons (Fsp3) is 0.312. The molecule has 0 N–H and O–H groups in total. The minimum atomic E-state index is 0.448. The van der Waals surface area contributed by atoms with Crippen LogP contribution in [0.2, 0.25) is 0 Å². The highest BCUT2D eigenvalue weighted by atomic mass is 79.9. The summed E-state index contributed by atoms with van der Waals surface area (Å²) in [4.78, 5) is 0. The first-order chi connectivity index (χ1) is 10.3. The highest BCUT2D eigenvalue weighted by Gasteiger charge is 2.02. The van der Waals surface area contributed by atoms with E-state index in [1.165, 1.54) is 0 Å². The van der Waals surface area contributed by atoms with E-state index < -0.39 is 0 Å². The lowest BCUT2D eigenvalue weighted by Gasteiger charge is -2.07. The van der Waals surface area contributed by atoms with Crippen molar-refractivity contribution in [3.05, 3.63) is 47.3 Å². The van der Waals surface area contributed by atoms with Gasteiger partial charge in [0.25, 0.3) is 0 Å². The molecule has 1 aromatic carbocycles. The molecule has 0 saturated carbocycles. The first-order valence-electron chi connectivity index (χ1n) is 6.74. The molecule has 0 fully saturated rings. The molecule has 0 aliphatic carbocycles. The summed E-state index contributed by atoms with van der Waals surface area (Å²) in [6.45, 7) is 1.14. The molecule has 21 heavy (non-hydrogen) atoms. The molecule has 0 amide bonds. The Labute approximate surface area is 132 Å². The molecule has 2 rings (SSSR count). The Balaban J connectivity index is 2.05. The van der Waals surface area contributed by atoms with E-state index in [-0.39, 0.29) is 0 Å². The number of ether oxygens (including phenoxy) is 2. The second-order valence-electron chi connectivity index (χ2n) is 4.42. The van der Waals surface area contributed by atoms with E-state index in [0.29, 0.717) is 19.0 Å². The third kappa shape index (κ3) is 5.02. The molecular weight excluding hydrogens is 334 g/mol. The van der Waals surface area contributed by atoms with Crippen LogP contribution in [0.1, 0.15) is 23.4 Å². The number of aromatic nitrogens is 1. The molecule has 0 spiro atoms. The molecule has 0 saturated heterocycles. The van der Waals surface area contributed by atoms with Gasteiger partial charge in [-0.1, -0.05) is 39.3 Å². The van der Waals surface area contributed by atoms with Crippen LogP contribution in [0.4, 0.5) is 0 Å². The van der Waals surface area contributed by atoms with Crippen molar-refractivity contribution in [3.63, 3.8) is 0 Å². The highest BCUT2D eigenvalue weighted by molar-refractivity contribution is 9.09. The van der Waals surface area contributed by atoms with Gasteiger partial charge in [0, 0.05) is 24.1 Å². The molecule has 2 aromatic rings. The molecule has 1 aromatic heterocycles. The standard InChI is InChI=1S/C16H18BrNO3/c1-19-12-14-11-15(21-18-14)8-7-13-5-2-3-6-16(13)20-10-4-9-17/h2-3,5-8,11H,4,9-10,12H2,1H3/b8-7+. The van der Waals surface area contributed by atoms with Crippen LogP contribution in [0.15, 0.2) is 34.9 Å². The maximum Gasteiger partial charge on any atom is 0.160 e. The SMILES string of the molecule is COCc1cc(/C=C/c2ccccc2OCCCBr)on1. The summed E-state index contributed by atoms with van der Waals surface area (Å²) in [5, 5.41) is 4.85. The predicted octanol–water partition coefficient (Wildman–Crippen LogP) is 4.16. The Morgan fingerprint density at radius 1 is 1.29 bits per heavy atom. The number of rotatable bonds is 8. The maximum absolute atomic E-state index is 5.76. The molecule has 0 atom stereocenters. The van der Waals surface area contributed by atoms with E-state index >= 15 is 0 Å². The molecule has 5 heteroatoms. The van der Waals surface area contributed by atoms with Gasteiger partial charge in [0.15, 0.2) is 5.76 Å². The number of benzene rings is 1. The van der Waals surface area contributed by atoms with Crippen LogP contribution in [0.3, 0.4) is 0 Å². The molecule has 0 bridgehead atoms. The first-order valence-corrected chi connectivity index (χ1v) is 7.86. The normalized spacial score (nSPS) is 11.1. The van der Waals surface area contributed by atoms with Gasteiger partial charge in [0.05, 0.1) is 13.2 Å². The Morgan fingerprint density at radius 3 is 2.95 bits per heavy atom. The molecule has 112 valence electrons. The number of nitrogens with zero attached hydrogens (tertiary/aromatic N) is 1. The summed E-state index contributed by atoms with van der Waals surface area (Å²) in [7, 11) is 1.63. The van der Waals surface area contributed by atoms with Crippen LogP contribution in [0, 0.1) is 0 Å². The van der Waals surface area contributed by atoms with Crippen molar-refractivity contribution < 1.29 is 14.0 Å². The van der Waals surface area contributed by atoms with E-state index in [0.717, 1.165) is 28.8 Å². The van der Waals surface area contributed by atoms with Crippen molar-refractivity contribution >= 4 is 28.1 Å². The summed E-state index contributed by atoms with van der Waals surface area (Å²) < 4.78 is 16.0. The lowest BCUT2D eigenvalue weighted by molar-refractivity contribution is 0.177. The fourth-order valence-electron chi connectivity index (χ4n) is 1.78. The molecule has 0 aliphatic rings. The lowest BCUT2D eigenvalue weighted by atomic mass is 10.2. The number of hydrogen-bond donors (Lipinski definition) is 0. The second kappa shape index (κ2) is 8.64. The van der Waals surface area contributed by atoms with Gasteiger partial charge in [-0.3, -0.25) is 0 Å². The smallest absolute Gasteiger partial charge is 0.160 e. The van der Waals surface area contributed by atoms with Crippen LogP contribution >= 0.6 is 15.9 Å².